The molecule has 0 amide bonds. The van der Waals surface area contributed by atoms with Crippen molar-refractivity contribution in [3.05, 3.63) is 199 Å². The molecule has 0 spiro atoms. The Morgan fingerprint density at radius 1 is 0.475 bits per heavy atom. The maximum atomic E-state index is 7.11. The lowest BCUT2D eigenvalue weighted by molar-refractivity contribution is 0.632. The Hall–Kier alpha value is -7.30. The lowest BCUT2D eigenvalue weighted by Crippen LogP contribution is -2.62. The highest BCUT2D eigenvalue weighted by Crippen LogP contribution is 2.57. The van der Waals surface area contributed by atoms with Crippen molar-refractivity contribution in [1.82, 2.24) is 0 Å². The first kappa shape index (κ1) is 32.8. The standard InChI is InChI=1S/C55H37BN2O/c1-55(2)45-24-15-25-47-52(45)57(49-32-37-21-10-9-20-36(37)31-46(49)55)53-51-43(33-44-42-23-12-14-27-50(42)59-54(44)53)41-22-11-13-26-48(41)58(56(47)51)40-29-38(34-16-5-3-6-17-34)28-39(30-40)35-18-7-4-8-19-35/h3-33H,1-2H3. The maximum Gasteiger partial charge on any atom is 0.333 e. The summed E-state index contributed by atoms with van der Waals surface area (Å²) in [5.41, 5.74) is 19.9. The minimum absolute atomic E-state index is 0.147. The van der Waals surface area contributed by atoms with Crippen LogP contribution in [0.2, 0.25) is 0 Å². The Morgan fingerprint density at radius 3 is 1.90 bits per heavy atom. The van der Waals surface area contributed by atoms with E-state index < -0.39 is 0 Å². The molecule has 1 aromatic heterocycles. The van der Waals surface area contributed by atoms with Gasteiger partial charge in [-0.15, -0.1) is 0 Å². The molecule has 0 radical (unpaired) electrons. The highest BCUT2D eigenvalue weighted by molar-refractivity contribution is 6.94. The molecule has 0 saturated heterocycles. The number of anilines is 5. The fourth-order valence-corrected chi connectivity index (χ4v) is 10.6. The molecule has 0 N–H and O–H groups in total. The second-order valence-electron chi connectivity index (χ2n) is 16.9. The van der Waals surface area contributed by atoms with E-state index in [0.717, 1.165) is 33.3 Å². The smallest absolute Gasteiger partial charge is 0.333 e. The molecule has 276 valence electrons. The highest BCUT2D eigenvalue weighted by atomic mass is 16.3. The minimum atomic E-state index is -0.269. The average Bonchev–Trinajstić information content (AvgIpc) is 3.67. The van der Waals surface area contributed by atoms with Gasteiger partial charge in [0.1, 0.15) is 5.58 Å². The van der Waals surface area contributed by atoms with Crippen molar-refractivity contribution in [2.75, 3.05) is 9.71 Å². The Balaban J connectivity index is 1.19. The molecule has 3 nitrogen and oxygen atoms in total. The van der Waals surface area contributed by atoms with E-state index in [2.05, 4.69) is 212 Å². The molecule has 0 aliphatic carbocycles. The number of nitrogens with zero attached hydrogens (tertiary/aromatic N) is 2. The third-order valence-corrected chi connectivity index (χ3v) is 13.3. The van der Waals surface area contributed by atoms with Crippen molar-refractivity contribution in [1.29, 1.82) is 0 Å². The van der Waals surface area contributed by atoms with Crippen molar-refractivity contribution in [2.24, 2.45) is 0 Å². The molecule has 13 rings (SSSR count). The summed E-state index contributed by atoms with van der Waals surface area (Å²) in [6.07, 6.45) is 0. The molecule has 3 aliphatic heterocycles. The van der Waals surface area contributed by atoms with Crippen molar-refractivity contribution in [3.63, 3.8) is 0 Å². The van der Waals surface area contributed by atoms with E-state index in [0.29, 0.717) is 0 Å². The number of furan rings is 1. The molecule has 0 unspecified atom stereocenters. The highest BCUT2D eigenvalue weighted by Gasteiger charge is 2.50. The zero-order valence-corrected chi connectivity index (χ0v) is 32.8. The molecule has 3 aliphatic rings. The van der Waals surface area contributed by atoms with E-state index >= 15 is 0 Å². The van der Waals surface area contributed by atoms with Crippen LogP contribution < -0.4 is 20.6 Å². The van der Waals surface area contributed by atoms with Gasteiger partial charge in [-0.25, -0.2) is 0 Å². The zero-order valence-electron chi connectivity index (χ0n) is 32.8. The lowest BCUT2D eigenvalue weighted by atomic mass is 9.42. The number of para-hydroxylation sites is 3. The summed E-state index contributed by atoms with van der Waals surface area (Å²) in [7, 11) is 0. The van der Waals surface area contributed by atoms with E-state index in [1.54, 1.807) is 0 Å². The van der Waals surface area contributed by atoms with Crippen LogP contribution in [0.5, 0.6) is 0 Å². The van der Waals surface area contributed by atoms with E-state index in [1.165, 1.54) is 83.3 Å². The summed E-state index contributed by atoms with van der Waals surface area (Å²) in [5, 5.41) is 4.76. The van der Waals surface area contributed by atoms with E-state index in [1.807, 2.05) is 0 Å². The first-order valence-corrected chi connectivity index (χ1v) is 20.6. The first-order chi connectivity index (χ1) is 29.0. The van der Waals surface area contributed by atoms with E-state index in [-0.39, 0.29) is 12.3 Å². The van der Waals surface area contributed by atoms with Gasteiger partial charge in [-0.3, -0.25) is 0 Å². The molecule has 0 bridgehead atoms. The summed E-state index contributed by atoms with van der Waals surface area (Å²) in [5.74, 6) is 0. The van der Waals surface area contributed by atoms with Gasteiger partial charge in [0, 0.05) is 38.8 Å². The van der Waals surface area contributed by atoms with Crippen molar-refractivity contribution in [3.8, 4) is 33.4 Å². The van der Waals surface area contributed by atoms with Crippen LogP contribution >= 0.6 is 0 Å². The van der Waals surface area contributed by atoms with Crippen LogP contribution in [-0.4, -0.2) is 6.85 Å². The largest absolute Gasteiger partial charge is 0.454 e. The first-order valence-electron chi connectivity index (χ1n) is 20.6. The minimum Gasteiger partial charge on any atom is -0.454 e. The van der Waals surface area contributed by atoms with Crippen molar-refractivity contribution < 1.29 is 4.42 Å². The molecule has 59 heavy (non-hydrogen) atoms. The average molecular weight is 753 g/mol. The van der Waals surface area contributed by atoms with Crippen LogP contribution in [0.3, 0.4) is 0 Å². The predicted molar refractivity (Wildman–Crippen MR) is 248 cm³/mol. The molecular weight excluding hydrogens is 715 g/mol. The third kappa shape index (κ3) is 4.49. The molecule has 0 fully saturated rings. The van der Waals surface area contributed by atoms with Gasteiger partial charge in [0.25, 0.3) is 0 Å². The van der Waals surface area contributed by atoms with Gasteiger partial charge in [-0.1, -0.05) is 153 Å². The van der Waals surface area contributed by atoms with Crippen LogP contribution in [0.25, 0.3) is 66.1 Å². The number of fused-ring (bicyclic) bond motifs is 11. The van der Waals surface area contributed by atoms with Gasteiger partial charge in [0.05, 0.1) is 11.4 Å². The molecule has 0 saturated carbocycles. The summed E-state index contributed by atoms with van der Waals surface area (Å²) in [4.78, 5) is 5.21. The lowest BCUT2D eigenvalue weighted by Gasteiger charge is -2.50. The second kappa shape index (κ2) is 11.9. The fraction of sp³-hybridized carbons (Fsp3) is 0.0545. The topological polar surface area (TPSA) is 19.6 Å². The number of hydrogen-bond donors (Lipinski definition) is 0. The third-order valence-electron chi connectivity index (χ3n) is 13.3. The van der Waals surface area contributed by atoms with Crippen LogP contribution in [0, 0.1) is 0 Å². The Morgan fingerprint density at radius 2 is 1.14 bits per heavy atom. The number of benzene rings is 9. The van der Waals surface area contributed by atoms with Gasteiger partial charge >= 0.3 is 6.85 Å². The van der Waals surface area contributed by atoms with Gasteiger partial charge < -0.3 is 14.1 Å². The van der Waals surface area contributed by atoms with Crippen LogP contribution in [0.15, 0.2) is 192 Å². The molecule has 0 atom stereocenters. The zero-order chi connectivity index (χ0) is 39.0. The van der Waals surface area contributed by atoms with Gasteiger partial charge in [-0.2, -0.15) is 0 Å². The van der Waals surface area contributed by atoms with Gasteiger partial charge in [0.2, 0.25) is 0 Å². The summed E-state index contributed by atoms with van der Waals surface area (Å²) < 4.78 is 7.11. The van der Waals surface area contributed by atoms with Crippen molar-refractivity contribution in [2.45, 2.75) is 19.3 Å². The Kier molecular flexibility index (Phi) is 6.59. The Bertz CT molecular complexity index is 3330. The molecule has 10 aromatic rings. The number of hydrogen-bond acceptors (Lipinski definition) is 3. The van der Waals surface area contributed by atoms with E-state index in [4.69, 9.17) is 4.42 Å². The number of rotatable bonds is 3. The normalized spacial score (nSPS) is 14.3. The molecule has 4 heterocycles. The van der Waals surface area contributed by atoms with Gasteiger partial charge in [-0.05, 0) is 109 Å². The second-order valence-corrected chi connectivity index (χ2v) is 16.9. The van der Waals surface area contributed by atoms with Crippen LogP contribution in [0.4, 0.5) is 28.4 Å². The Labute approximate surface area is 343 Å². The van der Waals surface area contributed by atoms with Gasteiger partial charge in [0.15, 0.2) is 5.58 Å². The van der Waals surface area contributed by atoms with Crippen LogP contribution in [-0.2, 0) is 5.41 Å². The molecular formula is C55H37BN2O. The molecule has 4 heteroatoms. The maximum absolute atomic E-state index is 7.11. The quantitative estimate of drug-likeness (QED) is 0.168. The van der Waals surface area contributed by atoms with Crippen LogP contribution in [0.1, 0.15) is 25.0 Å². The fourth-order valence-electron chi connectivity index (χ4n) is 10.6. The summed E-state index contributed by atoms with van der Waals surface area (Å²) >= 11 is 0. The SMILES string of the molecule is CC1(C)c2cc3ccccc3cc2N2c3c(cccc31)B1c3c(cc4c(oc5ccccc54)c32)-c2ccccc2N1c1cc(-c2ccccc2)cc(-c2ccccc2)c1. The monoisotopic (exact) mass is 752 g/mol. The molecule has 9 aromatic carbocycles. The predicted octanol–water partition coefficient (Wildman–Crippen LogP) is 13.4. The van der Waals surface area contributed by atoms with Crippen molar-refractivity contribution >= 4 is 78.9 Å². The summed E-state index contributed by atoms with van der Waals surface area (Å²) in [6, 6.07) is 69.4. The van der Waals surface area contributed by atoms with E-state index in [9.17, 15) is 0 Å². The summed E-state index contributed by atoms with van der Waals surface area (Å²) in [6.45, 7) is 4.66.